The van der Waals surface area contributed by atoms with Crippen LogP contribution in [0.15, 0.2) is 65.7 Å². The van der Waals surface area contributed by atoms with Crippen LogP contribution in [0.3, 0.4) is 0 Å². The molecule has 0 atom stereocenters. The molecular weight excluding hydrogens is 446 g/mol. The Hall–Kier alpha value is -3.43. The van der Waals surface area contributed by atoms with Gasteiger partial charge in [0, 0.05) is 36.3 Å². The fourth-order valence-electron chi connectivity index (χ4n) is 3.24. The minimum Gasteiger partial charge on any atom is -0.550 e. The van der Waals surface area contributed by atoms with Crippen LogP contribution < -0.4 is 9.84 Å². The molecule has 3 aromatic rings. The summed E-state index contributed by atoms with van der Waals surface area (Å²) < 4.78 is 7.42. The molecule has 32 heavy (non-hydrogen) atoms. The molecule has 9 heteroatoms. The number of benzene rings is 2. The van der Waals surface area contributed by atoms with Crippen LogP contribution in [0.5, 0.6) is 5.75 Å². The number of carbonyl (C=O) groups is 2. The Morgan fingerprint density at radius 3 is 2.72 bits per heavy atom. The topological polar surface area (TPSA) is 87.5 Å². The lowest BCUT2D eigenvalue weighted by Crippen LogP contribution is -2.33. The third-order valence-corrected chi connectivity index (χ3v) is 6.18. The number of amides is 1. The number of methoxy groups -OCH3 is 1. The summed E-state index contributed by atoms with van der Waals surface area (Å²) in [6.45, 7) is -0.0175. The molecule has 1 aromatic heterocycles. The van der Waals surface area contributed by atoms with Crippen molar-refractivity contribution < 1.29 is 19.4 Å². The molecule has 0 radical (unpaired) electrons. The van der Waals surface area contributed by atoms with Gasteiger partial charge in [-0.1, -0.05) is 54.3 Å². The zero-order valence-electron chi connectivity index (χ0n) is 17.1. The summed E-state index contributed by atoms with van der Waals surface area (Å²) in [4.78, 5) is 25.3. The highest BCUT2D eigenvalue weighted by atomic mass is 32.2. The quantitative estimate of drug-likeness (QED) is 0.392. The Morgan fingerprint density at radius 1 is 1.22 bits per heavy atom. The van der Waals surface area contributed by atoms with Gasteiger partial charge in [-0.25, -0.2) is 4.68 Å². The van der Waals surface area contributed by atoms with E-state index < -0.39 is 5.97 Å². The zero-order chi connectivity index (χ0) is 22.7. The summed E-state index contributed by atoms with van der Waals surface area (Å²) >= 11 is 6.42. The van der Waals surface area contributed by atoms with Crippen LogP contribution in [0.4, 0.5) is 0 Å². The Balaban J connectivity index is 1.76. The van der Waals surface area contributed by atoms with Crippen LogP contribution in [0.2, 0.25) is 0 Å². The monoisotopic (exact) mass is 464 g/mol. The summed E-state index contributed by atoms with van der Waals surface area (Å²) in [7, 11) is 1.60. The minimum absolute atomic E-state index is 0.0175. The smallest absolute Gasteiger partial charge is 0.266 e. The van der Waals surface area contributed by atoms with E-state index in [0.29, 0.717) is 20.7 Å². The van der Waals surface area contributed by atoms with Gasteiger partial charge in [0.15, 0.2) is 0 Å². The molecule has 7 nitrogen and oxygen atoms in total. The van der Waals surface area contributed by atoms with Crippen LogP contribution in [0.25, 0.3) is 23.0 Å². The van der Waals surface area contributed by atoms with Gasteiger partial charge in [0.1, 0.15) is 15.8 Å². The summed E-state index contributed by atoms with van der Waals surface area (Å²) in [5.41, 5.74) is 3.10. The number of thiocarbonyl (C=S) groups is 1. The lowest BCUT2D eigenvalue weighted by Gasteiger charge is -2.14. The number of ether oxygens (including phenoxy) is 1. The summed E-state index contributed by atoms with van der Waals surface area (Å²) in [5.74, 6) is -0.867. The Morgan fingerprint density at radius 2 is 2.00 bits per heavy atom. The summed E-state index contributed by atoms with van der Waals surface area (Å²) in [5, 5.41) is 15.6. The van der Waals surface area contributed by atoms with E-state index in [4.69, 9.17) is 22.1 Å². The van der Waals surface area contributed by atoms with Crippen molar-refractivity contribution in [3.05, 3.63) is 71.3 Å². The predicted octanol–water partition coefficient (Wildman–Crippen LogP) is 2.89. The number of thioether (sulfide) groups is 1. The van der Waals surface area contributed by atoms with Gasteiger partial charge in [0.25, 0.3) is 5.91 Å². The third kappa shape index (κ3) is 4.58. The Labute approximate surface area is 194 Å². The minimum atomic E-state index is -1.23. The molecule has 0 N–H and O–H groups in total. The Kier molecular flexibility index (Phi) is 6.38. The highest BCUT2D eigenvalue weighted by Gasteiger charge is 2.32. The zero-order valence-corrected chi connectivity index (χ0v) is 18.7. The first-order valence-electron chi connectivity index (χ1n) is 9.71. The van der Waals surface area contributed by atoms with Gasteiger partial charge in [-0.2, -0.15) is 5.10 Å². The highest BCUT2D eigenvalue weighted by molar-refractivity contribution is 8.26. The first kappa shape index (κ1) is 21.8. The number of para-hydroxylation sites is 1. The first-order chi connectivity index (χ1) is 15.5. The maximum Gasteiger partial charge on any atom is 0.266 e. The molecule has 2 heterocycles. The highest BCUT2D eigenvalue weighted by Crippen LogP contribution is 2.35. The lowest BCUT2D eigenvalue weighted by molar-refractivity contribution is -0.305. The van der Waals surface area contributed by atoms with Crippen molar-refractivity contribution >= 4 is 46.3 Å². The van der Waals surface area contributed by atoms with Crippen LogP contribution >= 0.6 is 24.0 Å². The average molecular weight is 465 g/mol. The SMILES string of the molecule is COc1cccc(-c2nn(-c3ccccc3)cc2/C=C2\SC(=S)N(CCC(=O)[O-])C2=O)c1. The molecule has 1 aliphatic rings. The van der Waals surface area contributed by atoms with E-state index in [9.17, 15) is 14.7 Å². The van der Waals surface area contributed by atoms with Crippen molar-refractivity contribution in [1.82, 2.24) is 14.7 Å². The van der Waals surface area contributed by atoms with Gasteiger partial charge in [-0.3, -0.25) is 9.69 Å². The van der Waals surface area contributed by atoms with E-state index in [1.807, 2.05) is 60.8 Å². The number of carboxylic acids is 1. The second-order valence-electron chi connectivity index (χ2n) is 6.90. The number of hydrogen-bond acceptors (Lipinski definition) is 7. The van der Waals surface area contributed by atoms with E-state index >= 15 is 0 Å². The molecule has 1 fully saturated rings. The molecular formula is C23H18N3O4S2-. The maximum absolute atomic E-state index is 12.8. The van der Waals surface area contributed by atoms with E-state index in [-0.39, 0.29) is 18.9 Å². The largest absolute Gasteiger partial charge is 0.550 e. The van der Waals surface area contributed by atoms with Gasteiger partial charge in [0.2, 0.25) is 0 Å². The van der Waals surface area contributed by atoms with Gasteiger partial charge in [-0.05, 0) is 30.3 Å². The van der Waals surface area contributed by atoms with Crippen molar-refractivity contribution in [3.8, 4) is 22.7 Å². The number of aromatic nitrogens is 2. The lowest BCUT2D eigenvalue weighted by atomic mass is 10.1. The van der Waals surface area contributed by atoms with E-state index in [2.05, 4.69) is 0 Å². The summed E-state index contributed by atoms with van der Waals surface area (Å²) in [6.07, 6.45) is 3.30. The number of aliphatic carboxylic acids is 1. The molecule has 0 spiro atoms. The fourth-order valence-corrected chi connectivity index (χ4v) is 4.54. The van der Waals surface area contributed by atoms with E-state index in [1.165, 1.54) is 4.90 Å². The predicted molar refractivity (Wildman–Crippen MR) is 125 cm³/mol. The second-order valence-corrected chi connectivity index (χ2v) is 8.58. The van der Waals surface area contributed by atoms with Crippen molar-refractivity contribution in [2.45, 2.75) is 6.42 Å². The number of carboxylic acid groups (broad SMARTS) is 1. The summed E-state index contributed by atoms with van der Waals surface area (Å²) in [6, 6.07) is 17.2. The number of hydrogen-bond donors (Lipinski definition) is 0. The fraction of sp³-hybridized carbons (Fsp3) is 0.130. The number of rotatable bonds is 7. The molecule has 0 bridgehead atoms. The molecule has 0 unspecified atom stereocenters. The molecule has 162 valence electrons. The maximum atomic E-state index is 12.8. The molecule has 1 saturated heterocycles. The second kappa shape index (κ2) is 9.37. The van der Waals surface area contributed by atoms with Gasteiger partial charge < -0.3 is 14.6 Å². The van der Waals surface area contributed by atoms with Gasteiger partial charge in [-0.15, -0.1) is 0 Å². The van der Waals surface area contributed by atoms with Gasteiger partial charge >= 0.3 is 0 Å². The van der Waals surface area contributed by atoms with Crippen molar-refractivity contribution in [1.29, 1.82) is 0 Å². The van der Waals surface area contributed by atoms with E-state index in [0.717, 1.165) is 28.6 Å². The number of nitrogens with zero attached hydrogens (tertiary/aromatic N) is 3. The van der Waals surface area contributed by atoms with Crippen molar-refractivity contribution in [3.63, 3.8) is 0 Å². The van der Waals surface area contributed by atoms with Crippen LogP contribution in [0, 0.1) is 0 Å². The molecule has 0 saturated carbocycles. The van der Waals surface area contributed by atoms with Crippen molar-refractivity contribution in [2.75, 3.05) is 13.7 Å². The molecule has 2 aromatic carbocycles. The number of carbonyl (C=O) groups excluding carboxylic acids is 2. The van der Waals surface area contributed by atoms with Crippen molar-refractivity contribution in [2.24, 2.45) is 0 Å². The first-order valence-corrected chi connectivity index (χ1v) is 10.9. The molecule has 0 aliphatic carbocycles. The molecule has 1 amide bonds. The average Bonchev–Trinajstić information content (AvgIpc) is 3.34. The van der Waals surface area contributed by atoms with Gasteiger partial charge in [0.05, 0.1) is 17.7 Å². The van der Waals surface area contributed by atoms with Crippen LogP contribution in [0.1, 0.15) is 12.0 Å². The molecule has 4 rings (SSSR count). The standard InChI is InChI=1S/C23H19N3O4S2/c1-30-18-9-5-6-15(12-18)21-16(14-26(24-21)17-7-3-2-4-8-17)13-19-22(29)25(23(31)32-19)11-10-20(27)28/h2-9,12-14H,10-11H2,1H3,(H,27,28)/p-1/b19-13-. The molecule has 1 aliphatic heterocycles. The third-order valence-electron chi connectivity index (χ3n) is 4.81. The van der Waals surface area contributed by atoms with Crippen LogP contribution in [-0.4, -0.2) is 44.5 Å². The van der Waals surface area contributed by atoms with E-state index in [1.54, 1.807) is 17.9 Å². The normalized spacial score (nSPS) is 14.9. The Bertz CT molecular complexity index is 1220. The van der Waals surface area contributed by atoms with Crippen LogP contribution in [-0.2, 0) is 9.59 Å².